The predicted molar refractivity (Wildman–Crippen MR) is 160 cm³/mol. The summed E-state index contributed by atoms with van der Waals surface area (Å²) in [6.45, 7) is 4.25. The monoisotopic (exact) mass is 478 g/mol. The van der Waals surface area contributed by atoms with Crippen molar-refractivity contribution >= 4 is 50.0 Å². The molecule has 0 aliphatic rings. The molecule has 0 aliphatic carbocycles. The first-order valence-electron chi connectivity index (χ1n) is 12.8. The van der Waals surface area contributed by atoms with Crippen LogP contribution in [0.4, 0.5) is 28.4 Å². The number of aryl methyl sites for hydroxylation is 2. The third kappa shape index (κ3) is 4.32. The minimum absolute atomic E-state index is 1.13. The van der Waals surface area contributed by atoms with Gasteiger partial charge in [0.05, 0.1) is 0 Å². The first kappa shape index (κ1) is 22.9. The van der Waals surface area contributed by atoms with Crippen molar-refractivity contribution in [3.63, 3.8) is 0 Å². The maximum Gasteiger partial charge on any atom is 0.0494 e. The summed E-state index contributed by atoms with van der Waals surface area (Å²) < 4.78 is 0. The van der Waals surface area contributed by atoms with E-state index in [-0.39, 0.29) is 0 Å². The van der Waals surface area contributed by atoms with Crippen LogP contribution in [0.15, 0.2) is 127 Å². The van der Waals surface area contributed by atoms with E-state index in [1.807, 2.05) is 0 Å². The lowest BCUT2D eigenvalue weighted by Crippen LogP contribution is -2.12. The van der Waals surface area contributed by atoms with E-state index in [4.69, 9.17) is 0 Å². The molecule has 0 aromatic heterocycles. The Kier molecular flexibility index (Phi) is 5.86. The summed E-state index contributed by atoms with van der Waals surface area (Å²) >= 11 is 0. The Morgan fingerprint density at radius 3 is 1.43 bits per heavy atom. The Bertz CT molecular complexity index is 1640. The highest BCUT2D eigenvalue weighted by molar-refractivity contribution is 6.13. The SMILES string of the molecule is Cc1ccc(N(c2ccc(C)cc2)c2ccc(N(C)c3cc4ccccc4c4ccccc34)cc2)cc1. The second-order valence-electron chi connectivity index (χ2n) is 9.74. The molecule has 0 fully saturated rings. The maximum absolute atomic E-state index is 2.31. The van der Waals surface area contributed by atoms with Crippen molar-refractivity contribution in [3.8, 4) is 0 Å². The van der Waals surface area contributed by atoms with Crippen molar-refractivity contribution in [2.24, 2.45) is 0 Å². The molecule has 0 heterocycles. The van der Waals surface area contributed by atoms with Gasteiger partial charge >= 0.3 is 0 Å². The number of benzene rings is 6. The molecule has 0 saturated heterocycles. The zero-order valence-corrected chi connectivity index (χ0v) is 21.5. The maximum atomic E-state index is 2.31. The van der Waals surface area contributed by atoms with E-state index in [0.717, 1.165) is 22.7 Å². The van der Waals surface area contributed by atoms with Crippen molar-refractivity contribution in [3.05, 3.63) is 139 Å². The quantitative estimate of drug-likeness (QED) is 0.227. The van der Waals surface area contributed by atoms with E-state index < -0.39 is 0 Å². The second-order valence-corrected chi connectivity index (χ2v) is 9.74. The average molecular weight is 479 g/mol. The number of nitrogens with zero attached hydrogens (tertiary/aromatic N) is 2. The normalized spacial score (nSPS) is 11.1. The average Bonchev–Trinajstić information content (AvgIpc) is 2.95. The van der Waals surface area contributed by atoms with Gasteiger partial charge in [0.2, 0.25) is 0 Å². The van der Waals surface area contributed by atoms with Gasteiger partial charge < -0.3 is 9.80 Å². The van der Waals surface area contributed by atoms with Crippen LogP contribution in [0.25, 0.3) is 21.5 Å². The van der Waals surface area contributed by atoms with Gasteiger partial charge in [-0.2, -0.15) is 0 Å². The molecule has 0 spiro atoms. The Labute approximate surface area is 219 Å². The molecule has 0 aliphatic heterocycles. The molecule has 37 heavy (non-hydrogen) atoms. The van der Waals surface area contributed by atoms with E-state index in [2.05, 4.69) is 158 Å². The third-order valence-corrected chi connectivity index (χ3v) is 7.19. The summed E-state index contributed by atoms with van der Waals surface area (Å²) in [4.78, 5) is 4.61. The standard InChI is InChI=1S/C35H30N2/c1-25-12-16-29(17-13-25)37(30-18-14-26(2)15-19-30)31-22-20-28(21-23-31)36(3)35-24-27-8-4-5-9-32(27)33-10-6-7-11-34(33)35/h4-24H,1-3H3. The lowest BCUT2D eigenvalue weighted by atomic mass is 9.99. The second kappa shape index (κ2) is 9.48. The summed E-state index contributed by atoms with van der Waals surface area (Å²) in [6.07, 6.45) is 0. The Morgan fingerprint density at radius 2 is 0.865 bits per heavy atom. The van der Waals surface area contributed by atoms with Crippen LogP contribution in [0, 0.1) is 13.8 Å². The van der Waals surface area contributed by atoms with Crippen molar-refractivity contribution < 1.29 is 0 Å². The lowest BCUT2D eigenvalue weighted by Gasteiger charge is -2.27. The van der Waals surface area contributed by atoms with Crippen molar-refractivity contribution in [1.29, 1.82) is 0 Å². The van der Waals surface area contributed by atoms with Crippen LogP contribution < -0.4 is 9.80 Å². The van der Waals surface area contributed by atoms with Gasteiger partial charge in [-0.05, 0) is 84.6 Å². The summed E-state index contributed by atoms with van der Waals surface area (Å²) in [7, 11) is 2.16. The Hall–Kier alpha value is -4.56. The van der Waals surface area contributed by atoms with Crippen LogP contribution in [-0.2, 0) is 0 Å². The largest absolute Gasteiger partial charge is 0.344 e. The molecular formula is C35H30N2. The molecule has 0 bridgehead atoms. The van der Waals surface area contributed by atoms with Crippen molar-refractivity contribution in [2.45, 2.75) is 13.8 Å². The van der Waals surface area contributed by atoms with Crippen LogP contribution in [-0.4, -0.2) is 7.05 Å². The smallest absolute Gasteiger partial charge is 0.0494 e. The molecule has 0 amide bonds. The highest BCUT2D eigenvalue weighted by atomic mass is 15.1. The van der Waals surface area contributed by atoms with Gasteiger partial charge in [0.15, 0.2) is 0 Å². The van der Waals surface area contributed by atoms with E-state index in [1.165, 1.54) is 38.4 Å². The lowest BCUT2D eigenvalue weighted by molar-refractivity contribution is 1.21. The van der Waals surface area contributed by atoms with Gasteiger partial charge in [0.1, 0.15) is 0 Å². The topological polar surface area (TPSA) is 6.48 Å². The number of anilines is 5. The van der Waals surface area contributed by atoms with Gasteiger partial charge in [0, 0.05) is 40.9 Å². The molecule has 0 atom stereocenters. The number of fused-ring (bicyclic) bond motifs is 3. The van der Waals surface area contributed by atoms with Crippen molar-refractivity contribution in [2.75, 3.05) is 16.8 Å². The molecule has 180 valence electrons. The van der Waals surface area contributed by atoms with Gasteiger partial charge in [-0.1, -0.05) is 83.9 Å². The number of rotatable bonds is 5. The summed E-state index contributed by atoms with van der Waals surface area (Å²) in [5.41, 5.74) is 8.30. The molecule has 0 N–H and O–H groups in total. The minimum Gasteiger partial charge on any atom is -0.344 e. The molecule has 2 nitrogen and oxygen atoms in total. The zero-order valence-electron chi connectivity index (χ0n) is 21.5. The summed E-state index contributed by atoms with van der Waals surface area (Å²) in [5, 5.41) is 5.08. The van der Waals surface area contributed by atoms with Crippen LogP contribution >= 0.6 is 0 Å². The van der Waals surface area contributed by atoms with Crippen LogP contribution in [0.1, 0.15) is 11.1 Å². The van der Waals surface area contributed by atoms with Gasteiger partial charge in [0.25, 0.3) is 0 Å². The minimum atomic E-state index is 1.13. The first-order chi connectivity index (χ1) is 18.1. The molecule has 0 saturated carbocycles. The molecule has 6 aromatic rings. The number of hydrogen-bond acceptors (Lipinski definition) is 2. The summed E-state index contributed by atoms with van der Waals surface area (Å²) in [6, 6.07) is 45.9. The summed E-state index contributed by atoms with van der Waals surface area (Å²) in [5.74, 6) is 0. The van der Waals surface area contributed by atoms with E-state index in [1.54, 1.807) is 0 Å². The fraction of sp³-hybridized carbons (Fsp3) is 0.0857. The van der Waals surface area contributed by atoms with Crippen LogP contribution in [0.2, 0.25) is 0 Å². The van der Waals surface area contributed by atoms with E-state index in [9.17, 15) is 0 Å². The predicted octanol–water partition coefficient (Wildman–Crippen LogP) is 9.85. The Balaban J connectivity index is 1.41. The van der Waals surface area contributed by atoms with E-state index >= 15 is 0 Å². The Morgan fingerprint density at radius 1 is 0.432 bits per heavy atom. The molecule has 6 aromatic carbocycles. The highest BCUT2D eigenvalue weighted by Gasteiger charge is 2.15. The van der Waals surface area contributed by atoms with Crippen LogP contribution in [0.3, 0.4) is 0 Å². The van der Waals surface area contributed by atoms with Crippen molar-refractivity contribution in [1.82, 2.24) is 0 Å². The highest BCUT2D eigenvalue weighted by Crippen LogP contribution is 2.39. The van der Waals surface area contributed by atoms with Crippen LogP contribution in [0.5, 0.6) is 0 Å². The first-order valence-corrected chi connectivity index (χ1v) is 12.8. The third-order valence-electron chi connectivity index (χ3n) is 7.19. The van der Waals surface area contributed by atoms with Gasteiger partial charge in [-0.25, -0.2) is 0 Å². The molecular weight excluding hydrogens is 448 g/mol. The van der Waals surface area contributed by atoms with E-state index in [0.29, 0.717) is 0 Å². The molecule has 6 rings (SSSR count). The fourth-order valence-corrected chi connectivity index (χ4v) is 5.11. The molecule has 0 unspecified atom stereocenters. The fourth-order valence-electron chi connectivity index (χ4n) is 5.11. The number of hydrogen-bond donors (Lipinski definition) is 0. The molecule has 0 radical (unpaired) electrons. The van der Waals surface area contributed by atoms with Gasteiger partial charge in [-0.3, -0.25) is 0 Å². The zero-order chi connectivity index (χ0) is 25.4. The van der Waals surface area contributed by atoms with Gasteiger partial charge in [-0.15, -0.1) is 0 Å². The molecule has 2 heteroatoms.